The van der Waals surface area contributed by atoms with Gasteiger partial charge in [0.05, 0.1) is 6.54 Å². The average Bonchev–Trinajstić information content (AvgIpc) is 2.42. The van der Waals surface area contributed by atoms with Crippen molar-refractivity contribution in [3.63, 3.8) is 0 Å². The number of carbonyl (C=O) groups is 2. The van der Waals surface area contributed by atoms with Gasteiger partial charge >= 0.3 is 0 Å². The van der Waals surface area contributed by atoms with E-state index in [1.807, 2.05) is 31.2 Å². The van der Waals surface area contributed by atoms with Crippen LogP contribution in [0.3, 0.4) is 0 Å². The smallest absolute Gasteiger partial charge is 0.229 e. The highest BCUT2D eigenvalue weighted by atomic mass is 16.5. The Hall–Kier alpha value is -1.88. The Morgan fingerprint density at radius 3 is 2.65 bits per heavy atom. The van der Waals surface area contributed by atoms with Gasteiger partial charge in [0.2, 0.25) is 11.8 Å². The maximum absolute atomic E-state index is 11.8. The molecule has 0 radical (unpaired) electrons. The third-order valence-electron chi connectivity index (χ3n) is 3.37. The van der Waals surface area contributed by atoms with Crippen LogP contribution in [0.25, 0.3) is 0 Å². The fourth-order valence-corrected chi connectivity index (χ4v) is 2.29. The van der Waals surface area contributed by atoms with Crippen molar-refractivity contribution < 1.29 is 14.3 Å². The standard InChI is InChI=1S/C15H20N2O3/c1-11-7-14(18)17(15(19)8-11)5-6-20-13-4-2-3-12(9-13)10-16/h2-4,9,11H,5-8,10,16H2,1H3. The number of hydrogen-bond acceptors (Lipinski definition) is 4. The average molecular weight is 276 g/mol. The Morgan fingerprint density at radius 1 is 1.30 bits per heavy atom. The number of rotatable bonds is 5. The van der Waals surface area contributed by atoms with Gasteiger partial charge in [-0.25, -0.2) is 0 Å². The van der Waals surface area contributed by atoms with E-state index in [1.54, 1.807) is 0 Å². The summed E-state index contributed by atoms with van der Waals surface area (Å²) in [5.41, 5.74) is 6.55. The monoisotopic (exact) mass is 276 g/mol. The maximum Gasteiger partial charge on any atom is 0.229 e. The lowest BCUT2D eigenvalue weighted by atomic mass is 9.98. The van der Waals surface area contributed by atoms with Crippen molar-refractivity contribution in [2.24, 2.45) is 11.7 Å². The summed E-state index contributed by atoms with van der Waals surface area (Å²) in [7, 11) is 0. The molecule has 20 heavy (non-hydrogen) atoms. The third kappa shape index (κ3) is 3.57. The molecule has 1 aromatic carbocycles. The summed E-state index contributed by atoms with van der Waals surface area (Å²) in [5, 5.41) is 0. The number of benzene rings is 1. The lowest BCUT2D eigenvalue weighted by Gasteiger charge is -2.28. The molecular weight excluding hydrogens is 256 g/mol. The lowest BCUT2D eigenvalue weighted by Crippen LogP contribution is -2.44. The summed E-state index contributed by atoms with van der Waals surface area (Å²) in [4.78, 5) is 24.9. The summed E-state index contributed by atoms with van der Waals surface area (Å²) in [6, 6.07) is 7.49. The highest BCUT2D eigenvalue weighted by molar-refractivity contribution is 5.97. The van der Waals surface area contributed by atoms with Gasteiger partial charge in [0.15, 0.2) is 0 Å². The van der Waals surface area contributed by atoms with Gasteiger partial charge in [-0.3, -0.25) is 14.5 Å². The number of likely N-dealkylation sites (tertiary alicyclic amines) is 1. The fourth-order valence-electron chi connectivity index (χ4n) is 2.29. The Bertz CT molecular complexity index is 484. The van der Waals surface area contributed by atoms with E-state index < -0.39 is 0 Å². The number of nitrogens with zero attached hydrogens (tertiary/aromatic N) is 1. The van der Waals surface area contributed by atoms with Crippen molar-refractivity contribution >= 4 is 11.8 Å². The van der Waals surface area contributed by atoms with Crippen molar-refractivity contribution in [3.05, 3.63) is 29.8 Å². The molecule has 108 valence electrons. The van der Waals surface area contributed by atoms with Crippen LogP contribution in [-0.4, -0.2) is 29.9 Å². The second-order valence-electron chi connectivity index (χ2n) is 5.15. The molecule has 5 nitrogen and oxygen atoms in total. The minimum absolute atomic E-state index is 0.104. The highest BCUT2D eigenvalue weighted by Gasteiger charge is 2.29. The van der Waals surface area contributed by atoms with Crippen molar-refractivity contribution in [3.8, 4) is 5.75 Å². The Kier molecular flexibility index (Phi) is 4.74. The van der Waals surface area contributed by atoms with Gasteiger partial charge in [-0.2, -0.15) is 0 Å². The van der Waals surface area contributed by atoms with E-state index in [4.69, 9.17) is 10.5 Å². The number of amides is 2. The molecule has 5 heteroatoms. The molecule has 0 saturated carbocycles. The Balaban J connectivity index is 1.86. The quantitative estimate of drug-likeness (QED) is 0.823. The van der Waals surface area contributed by atoms with Crippen LogP contribution in [0.2, 0.25) is 0 Å². The van der Waals surface area contributed by atoms with E-state index in [0.717, 1.165) is 5.56 Å². The number of imide groups is 1. The van der Waals surface area contributed by atoms with Gasteiger partial charge in [0, 0.05) is 19.4 Å². The largest absolute Gasteiger partial charge is 0.492 e. The molecule has 1 aliphatic rings. The minimum atomic E-state index is -0.104. The molecule has 2 N–H and O–H groups in total. The maximum atomic E-state index is 11.8. The minimum Gasteiger partial charge on any atom is -0.492 e. The molecule has 0 aromatic heterocycles. The van der Waals surface area contributed by atoms with E-state index >= 15 is 0 Å². The molecule has 0 aliphatic carbocycles. The van der Waals surface area contributed by atoms with E-state index in [1.165, 1.54) is 4.90 Å². The predicted molar refractivity (Wildman–Crippen MR) is 74.9 cm³/mol. The molecule has 1 fully saturated rings. The molecule has 0 unspecified atom stereocenters. The van der Waals surface area contributed by atoms with E-state index in [-0.39, 0.29) is 17.7 Å². The number of piperidine rings is 1. The second kappa shape index (κ2) is 6.52. The van der Waals surface area contributed by atoms with Crippen molar-refractivity contribution in [1.29, 1.82) is 0 Å². The van der Waals surface area contributed by atoms with Crippen LogP contribution in [0, 0.1) is 5.92 Å². The highest BCUT2D eigenvalue weighted by Crippen LogP contribution is 2.19. The zero-order valence-corrected chi connectivity index (χ0v) is 11.7. The van der Waals surface area contributed by atoms with E-state index in [9.17, 15) is 9.59 Å². The molecule has 1 saturated heterocycles. The van der Waals surface area contributed by atoms with Crippen molar-refractivity contribution in [2.75, 3.05) is 13.2 Å². The second-order valence-corrected chi connectivity index (χ2v) is 5.15. The third-order valence-corrected chi connectivity index (χ3v) is 3.37. The summed E-state index contributed by atoms with van der Waals surface area (Å²) in [6.45, 7) is 2.98. The van der Waals surface area contributed by atoms with Gasteiger partial charge in [0.1, 0.15) is 12.4 Å². The van der Waals surface area contributed by atoms with Crippen LogP contribution < -0.4 is 10.5 Å². The zero-order valence-electron chi connectivity index (χ0n) is 11.7. The van der Waals surface area contributed by atoms with Gasteiger partial charge in [-0.1, -0.05) is 19.1 Å². The van der Waals surface area contributed by atoms with Crippen LogP contribution in [-0.2, 0) is 16.1 Å². The first-order valence-electron chi connectivity index (χ1n) is 6.85. The molecule has 0 spiro atoms. The van der Waals surface area contributed by atoms with Crippen molar-refractivity contribution in [1.82, 2.24) is 4.90 Å². The topological polar surface area (TPSA) is 72.6 Å². The van der Waals surface area contributed by atoms with Gasteiger partial charge in [-0.05, 0) is 23.6 Å². The molecule has 1 aliphatic heterocycles. The molecule has 0 atom stereocenters. The normalized spacial score (nSPS) is 16.6. The first-order valence-corrected chi connectivity index (χ1v) is 6.85. The predicted octanol–water partition coefficient (Wildman–Crippen LogP) is 1.31. The number of carbonyl (C=O) groups excluding carboxylic acids is 2. The number of nitrogens with two attached hydrogens (primary N) is 1. The summed E-state index contributed by atoms with van der Waals surface area (Å²) >= 11 is 0. The lowest BCUT2D eigenvalue weighted by molar-refractivity contribution is -0.150. The summed E-state index contributed by atoms with van der Waals surface area (Å²) in [6.07, 6.45) is 0.878. The molecule has 2 amide bonds. The summed E-state index contributed by atoms with van der Waals surface area (Å²) in [5.74, 6) is 0.646. The first-order chi connectivity index (χ1) is 9.60. The van der Waals surface area contributed by atoms with Crippen LogP contribution in [0.1, 0.15) is 25.3 Å². The zero-order chi connectivity index (χ0) is 14.5. The van der Waals surface area contributed by atoms with Crippen LogP contribution in [0.5, 0.6) is 5.75 Å². The Morgan fingerprint density at radius 2 is 2.00 bits per heavy atom. The SMILES string of the molecule is CC1CC(=O)N(CCOc2cccc(CN)c2)C(=O)C1. The van der Waals surface area contributed by atoms with Crippen LogP contribution in [0.4, 0.5) is 0 Å². The molecule has 1 heterocycles. The van der Waals surface area contributed by atoms with Gasteiger partial charge in [0.25, 0.3) is 0 Å². The van der Waals surface area contributed by atoms with Crippen LogP contribution in [0.15, 0.2) is 24.3 Å². The molecule has 1 aromatic rings. The number of ether oxygens (including phenoxy) is 1. The Labute approximate surface area is 118 Å². The number of hydrogen-bond donors (Lipinski definition) is 1. The first kappa shape index (κ1) is 14.5. The molecular formula is C15H20N2O3. The fraction of sp³-hybridized carbons (Fsp3) is 0.467. The van der Waals surface area contributed by atoms with E-state index in [2.05, 4.69) is 0 Å². The summed E-state index contributed by atoms with van der Waals surface area (Å²) < 4.78 is 5.57. The van der Waals surface area contributed by atoms with Gasteiger partial charge in [-0.15, -0.1) is 0 Å². The van der Waals surface area contributed by atoms with Crippen molar-refractivity contribution in [2.45, 2.75) is 26.3 Å². The van der Waals surface area contributed by atoms with E-state index in [0.29, 0.717) is 38.3 Å². The van der Waals surface area contributed by atoms with Crippen LogP contribution >= 0.6 is 0 Å². The molecule has 0 bridgehead atoms. The van der Waals surface area contributed by atoms with Gasteiger partial charge < -0.3 is 10.5 Å². The molecule has 2 rings (SSSR count).